The summed E-state index contributed by atoms with van der Waals surface area (Å²) in [5.74, 6) is 0.202. The second kappa shape index (κ2) is 8.33. The van der Waals surface area contributed by atoms with Crippen LogP contribution in [0.4, 0.5) is 4.79 Å². The number of nitrogens with one attached hydrogen (secondary N) is 3. The summed E-state index contributed by atoms with van der Waals surface area (Å²) in [5, 5.41) is 8.33. The predicted octanol–water partition coefficient (Wildman–Crippen LogP) is 2.20. The average Bonchev–Trinajstić information content (AvgIpc) is 3.41. The van der Waals surface area contributed by atoms with Crippen molar-refractivity contribution < 1.29 is 9.59 Å². The largest absolute Gasteiger partial charge is 0.354 e. The quantitative estimate of drug-likeness (QED) is 0.725. The molecule has 2 aromatic carbocycles. The molecule has 0 saturated heterocycles. The second-order valence-corrected chi connectivity index (χ2v) is 6.27. The van der Waals surface area contributed by atoms with Gasteiger partial charge < -0.3 is 16.0 Å². The zero-order valence-corrected chi connectivity index (χ0v) is 14.1. The van der Waals surface area contributed by atoms with Gasteiger partial charge in [0.15, 0.2) is 0 Å². The van der Waals surface area contributed by atoms with E-state index in [2.05, 4.69) is 28.1 Å². The molecule has 3 rings (SSSR count). The van der Waals surface area contributed by atoms with Crippen LogP contribution in [0.2, 0.25) is 0 Å². The first kappa shape index (κ1) is 17.0. The Morgan fingerprint density at radius 1 is 0.920 bits per heavy atom. The third-order valence-corrected chi connectivity index (χ3v) is 4.32. The summed E-state index contributed by atoms with van der Waals surface area (Å²) < 4.78 is 0. The predicted molar refractivity (Wildman–Crippen MR) is 97.3 cm³/mol. The number of rotatable bonds is 7. The molecule has 3 N–H and O–H groups in total. The Bertz CT molecular complexity index is 703. The van der Waals surface area contributed by atoms with Crippen LogP contribution < -0.4 is 16.0 Å². The Morgan fingerprint density at radius 2 is 1.60 bits per heavy atom. The lowest BCUT2D eigenvalue weighted by Crippen LogP contribution is -2.43. The van der Waals surface area contributed by atoms with Crippen molar-refractivity contribution in [3.05, 3.63) is 71.8 Å². The smallest absolute Gasteiger partial charge is 0.315 e. The maximum absolute atomic E-state index is 11.9. The summed E-state index contributed by atoms with van der Waals surface area (Å²) in [7, 11) is 0. The van der Waals surface area contributed by atoms with Gasteiger partial charge in [-0.05, 0) is 24.0 Å². The number of carbonyl (C=O) groups is 2. The molecule has 1 saturated carbocycles. The maximum Gasteiger partial charge on any atom is 0.315 e. The van der Waals surface area contributed by atoms with Crippen molar-refractivity contribution >= 4 is 11.9 Å². The van der Waals surface area contributed by atoms with Crippen molar-refractivity contribution in [3.8, 4) is 0 Å². The summed E-state index contributed by atoms with van der Waals surface area (Å²) in [6.45, 7) is 0.550. The zero-order chi connectivity index (χ0) is 17.5. The van der Waals surface area contributed by atoms with E-state index in [0.717, 1.165) is 12.8 Å². The molecule has 0 heterocycles. The molecule has 0 radical (unpaired) electrons. The van der Waals surface area contributed by atoms with Crippen LogP contribution in [0.3, 0.4) is 0 Å². The van der Waals surface area contributed by atoms with Gasteiger partial charge in [-0.2, -0.15) is 0 Å². The van der Waals surface area contributed by atoms with E-state index in [1.165, 1.54) is 11.1 Å². The highest BCUT2D eigenvalue weighted by Crippen LogP contribution is 2.40. The van der Waals surface area contributed by atoms with Crippen LogP contribution in [0.5, 0.6) is 0 Å². The normalized spacial score (nSPS) is 18.2. The lowest BCUT2D eigenvalue weighted by Gasteiger charge is -2.08. The fourth-order valence-electron chi connectivity index (χ4n) is 2.86. The summed E-state index contributed by atoms with van der Waals surface area (Å²) in [4.78, 5) is 23.6. The molecule has 1 aliphatic carbocycles. The van der Waals surface area contributed by atoms with Crippen LogP contribution in [0.1, 0.15) is 23.5 Å². The van der Waals surface area contributed by atoms with Crippen molar-refractivity contribution in [1.29, 1.82) is 0 Å². The molecule has 130 valence electrons. The molecule has 1 fully saturated rings. The Morgan fingerprint density at radius 3 is 2.32 bits per heavy atom. The highest BCUT2D eigenvalue weighted by atomic mass is 16.2. The Balaban J connectivity index is 1.29. The maximum atomic E-state index is 11.9. The van der Waals surface area contributed by atoms with Crippen molar-refractivity contribution in [2.45, 2.75) is 24.8 Å². The minimum Gasteiger partial charge on any atom is -0.354 e. The first-order chi connectivity index (χ1) is 12.2. The Hall–Kier alpha value is -2.82. The number of amides is 3. The molecular weight excluding hydrogens is 314 g/mol. The van der Waals surface area contributed by atoms with Gasteiger partial charge in [-0.15, -0.1) is 0 Å². The SMILES string of the molecule is O=C(CNC(=O)NC1CC1c1ccccc1)NCCc1ccccc1. The second-order valence-electron chi connectivity index (χ2n) is 6.27. The number of hydrogen-bond donors (Lipinski definition) is 3. The summed E-state index contributed by atoms with van der Waals surface area (Å²) >= 11 is 0. The van der Waals surface area contributed by atoms with Crippen LogP contribution in [0.25, 0.3) is 0 Å². The fourth-order valence-corrected chi connectivity index (χ4v) is 2.86. The number of hydrogen-bond acceptors (Lipinski definition) is 2. The van der Waals surface area contributed by atoms with E-state index in [1.807, 2.05) is 48.5 Å². The first-order valence-electron chi connectivity index (χ1n) is 8.62. The van der Waals surface area contributed by atoms with Crippen LogP contribution in [-0.2, 0) is 11.2 Å². The van der Waals surface area contributed by atoms with Crippen LogP contribution in [-0.4, -0.2) is 31.1 Å². The van der Waals surface area contributed by atoms with Gasteiger partial charge in [0.2, 0.25) is 5.91 Å². The van der Waals surface area contributed by atoms with Gasteiger partial charge in [0.1, 0.15) is 0 Å². The van der Waals surface area contributed by atoms with E-state index in [-0.39, 0.29) is 24.5 Å². The average molecular weight is 337 g/mol. The molecule has 0 aliphatic heterocycles. The van der Waals surface area contributed by atoms with E-state index in [4.69, 9.17) is 0 Å². The van der Waals surface area contributed by atoms with Crippen molar-refractivity contribution in [2.75, 3.05) is 13.1 Å². The van der Waals surface area contributed by atoms with Crippen LogP contribution >= 0.6 is 0 Å². The van der Waals surface area contributed by atoms with E-state index >= 15 is 0 Å². The van der Waals surface area contributed by atoms with Gasteiger partial charge in [-0.25, -0.2) is 4.79 Å². The number of carbonyl (C=O) groups excluding carboxylic acids is 2. The van der Waals surface area contributed by atoms with Crippen LogP contribution in [0.15, 0.2) is 60.7 Å². The third-order valence-electron chi connectivity index (χ3n) is 4.32. The molecule has 25 heavy (non-hydrogen) atoms. The van der Waals surface area contributed by atoms with Gasteiger partial charge >= 0.3 is 6.03 Å². The Kier molecular flexibility index (Phi) is 5.67. The summed E-state index contributed by atoms with van der Waals surface area (Å²) in [6, 6.07) is 20.0. The van der Waals surface area contributed by atoms with Crippen molar-refractivity contribution in [1.82, 2.24) is 16.0 Å². The molecule has 2 aromatic rings. The fraction of sp³-hybridized carbons (Fsp3) is 0.300. The zero-order valence-electron chi connectivity index (χ0n) is 14.1. The van der Waals surface area contributed by atoms with Crippen molar-refractivity contribution in [2.24, 2.45) is 0 Å². The third kappa shape index (κ3) is 5.35. The van der Waals surface area contributed by atoms with Crippen LogP contribution in [0, 0.1) is 0 Å². The Labute approximate surface area is 147 Å². The van der Waals surface area contributed by atoms with Gasteiger partial charge in [0.05, 0.1) is 6.54 Å². The lowest BCUT2D eigenvalue weighted by atomic mass is 10.1. The molecule has 2 atom stereocenters. The molecule has 0 bridgehead atoms. The van der Waals surface area contributed by atoms with E-state index in [1.54, 1.807) is 0 Å². The van der Waals surface area contributed by atoms with E-state index < -0.39 is 0 Å². The molecule has 0 aromatic heterocycles. The summed E-state index contributed by atoms with van der Waals surface area (Å²) in [5.41, 5.74) is 2.42. The molecule has 2 unspecified atom stereocenters. The molecule has 0 spiro atoms. The van der Waals surface area contributed by atoms with Gasteiger partial charge in [0.25, 0.3) is 0 Å². The highest BCUT2D eigenvalue weighted by molar-refractivity contribution is 5.84. The van der Waals surface area contributed by atoms with Gasteiger partial charge in [-0.1, -0.05) is 60.7 Å². The standard InChI is InChI=1S/C20H23N3O2/c24-19(21-12-11-15-7-3-1-4-8-15)14-22-20(25)23-18-13-17(18)16-9-5-2-6-10-16/h1-10,17-18H,11-14H2,(H,21,24)(H2,22,23,25). The molecular formula is C20H23N3O2. The molecule has 3 amide bonds. The monoisotopic (exact) mass is 337 g/mol. The minimum atomic E-state index is -0.290. The number of benzene rings is 2. The summed E-state index contributed by atoms with van der Waals surface area (Å²) in [6.07, 6.45) is 1.72. The number of urea groups is 1. The molecule has 5 nitrogen and oxygen atoms in total. The van der Waals surface area contributed by atoms with E-state index in [9.17, 15) is 9.59 Å². The minimum absolute atomic E-state index is 0.0106. The molecule has 5 heteroatoms. The van der Waals surface area contributed by atoms with E-state index in [0.29, 0.717) is 12.5 Å². The topological polar surface area (TPSA) is 70.2 Å². The highest BCUT2D eigenvalue weighted by Gasteiger charge is 2.39. The van der Waals surface area contributed by atoms with Gasteiger partial charge in [0, 0.05) is 18.5 Å². The molecule has 1 aliphatic rings. The lowest BCUT2D eigenvalue weighted by molar-refractivity contribution is -0.120. The van der Waals surface area contributed by atoms with Crippen molar-refractivity contribution in [3.63, 3.8) is 0 Å². The first-order valence-corrected chi connectivity index (χ1v) is 8.62. The van der Waals surface area contributed by atoms with Gasteiger partial charge in [-0.3, -0.25) is 4.79 Å².